The minimum atomic E-state index is -6.10. The number of nitrogens with zero attached hydrogens (tertiary/aromatic N) is 4. The van der Waals surface area contributed by atoms with Crippen molar-refractivity contribution in [1.29, 1.82) is 0 Å². The van der Waals surface area contributed by atoms with Gasteiger partial charge in [0, 0.05) is 38.2 Å². The van der Waals surface area contributed by atoms with Crippen molar-refractivity contribution in [3.63, 3.8) is 0 Å². The third-order valence-electron chi connectivity index (χ3n) is 5.55. The van der Waals surface area contributed by atoms with Crippen molar-refractivity contribution in [2.24, 2.45) is 0 Å². The molecule has 4 rings (SSSR count). The van der Waals surface area contributed by atoms with Gasteiger partial charge in [-0.1, -0.05) is 0 Å². The van der Waals surface area contributed by atoms with Crippen LogP contribution in [-0.4, -0.2) is 58.8 Å². The Balaban J connectivity index is 1.92. The van der Waals surface area contributed by atoms with Crippen LogP contribution in [0.15, 0.2) is 18.5 Å². The van der Waals surface area contributed by atoms with E-state index < -0.39 is 58.6 Å². The van der Waals surface area contributed by atoms with Crippen molar-refractivity contribution in [3.8, 4) is 11.4 Å². The Morgan fingerprint density at radius 2 is 1.83 bits per heavy atom. The van der Waals surface area contributed by atoms with Gasteiger partial charge >= 0.3 is 18.2 Å². The summed E-state index contributed by atoms with van der Waals surface area (Å²) >= 11 is 0. The fraction of sp³-hybridized carbons (Fsp3) is 0.500. The van der Waals surface area contributed by atoms with Crippen LogP contribution >= 0.6 is 0 Å². The molecule has 1 saturated heterocycles. The SMILES string of the molecule is C[C@H]1CN(c2cc(C(C)(F)F)cc(-c3ncnc4c3C(C(F)(F)C(F)(F)F)OC(=O)N4)n2)CCN1. The van der Waals surface area contributed by atoms with E-state index in [9.17, 15) is 35.5 Å². The summed E-state index contributed by atoms with van der Waals surface area (Å²) in [4.78, 5) is 25.0. The molecule has 35 heavy (non-hydrogen) atoms. The highest BCUT2D eigenvalue weighted by Gasteiger charge is 2.66. The van der Waals surface area contributed by atoms with Gasteiger partial charge in [-0.25, -0.2) is 28.5 Å². The molecular weight excluding hydrogens is 489 g/mol. The molecule has 0 aliphatic carbocycles. The first-order chi connectivity index (χ1) is 16.2. The quantitative estimate of drug-likeness (QED) is 0.597. The third kappa shape index (κ3) is 4.68. The fourth-order valence-corrected chi connectivity index (χ4v) is 3.84. The molecule has 190 valence electrons. The number of piperazine rings is 1. The Bertz CT molecular complexity index is 1140. The molecule has 1 unspecified atom stereocenters. The molecule has 15 heteroatoms. The standard InChI is InChI=1S/C20H19F7N6O2/c1-9-7-33(4-3-28-9)12-6-10(18(2,21)22)5-11(31-12)14-13-15(19(23,24)20(25,26)27)35-17(34)32-16(13)30-8-29-14/h5-6,8-9,15,28H,3-4,7H2,1-2H3,(H,29,30,32,34)/t9-,15?/m0/s1. The van der Waals surface area contributed by atoms with Crippen LogP contribution in [-0.2, 0) is 10.7 Å². The number of carbonyl (C=O) groups excluding carboxylic acids is 1. The van der Waals surface area contributed by atoms with Crippen LogP contribution < -0.4 is 15.5 Å². The molecule has 1 amide bonds. The number of pyridine rings is 1. The van der Waals surface area contributed by atoms with Gasteiger partial charge in [-0.2, -0.15) is 22.0 Å². The maximum Gasteiger partial charge on any atom is 0.457 e. The first-order valence-corrected chi connectivity index (χ1v) is 10.3. The number of anilines is 2. The van der Waals surface area contributed by atoms with Crippen LogP contribution in [0.3, 0.4) is 0 Å². The third-order valence-corrected chi connectivity index (χ3v) is 5.55. The van der Waals surface area contributed by atoms with Crippen LogP contribution in [0.5, 0.6) is 0 Å². The number of aromatic nitrogens is 3. The molecule has 0 radical (unpaired) electrons. The maximum absolute atomic E-state index is 14.4. The molecule has 0 bridgehead atoms. The summed E-state index contributed by atoms with van der Waals surface area (Å²) < 4.78 is 101. The molecule has 2 atom stereocenters. The lowest BCUT2D eigenvalue weighted by Gasteiger charge is -2.34. The molecule has 2 aliphatic rings. The minimum Gasteiger partial charge on any atom is -0.434 e. The van der Waals surface area contributed by atoms with Crippen LogP contribution in [0.25, 0.3) is 11.4 Å². The lowest BCUT2D eigenvalue weighted by molar-refractivity contribution is -0.314. The van der Waals surface area contributed by atoms with E-state index >= 15 is 0 Å². The number of rotatable bonds is 4. The lowest BCUT2D eigenvalue weighted by Crippen LogP contribution is -2.49. The summed E-state index contributed by atoms with van der Waals surface area (Å²) in [5.41, 5.74) is -2.51. The van der Waals surface area contributed by atoms with Gasteiger partial charge in [-0.05, 0) is 19.1 Å². The van der Waals surface area contributed by atoms with Crippen LogP contribution in [0.2, 0.25) is 0 Å². The van der Waals surface area contributed by atoms with E-state index in [1.807, 2.05) is 12.2 Å². The highest BCUT2D eigenvalue weighted by atomic mass is 19.4. The summed E-state index contributed by atoms with van der Waals surface area (Å²) in [7, 11) is 0. The first-order valence-electron chi connectivity index (χ1n) is 10.3. The van der Waals surface area contributed by atoms with Crippen molar-refractivity contribution >= 4 is 17.7 Å². The first kappa shape index (κ1) is 24.9. The highest BCUT2D eigenvalue weighted by Crippen LogP contribution is 2.51. The van der Waals surface area contributed by atoms with E-state index in [0.717, 1.165) is 18.5 Å². The summed E-state index contributed by atoms with van der Waals surface area (Å²) in [6.07, 6.45) is -10.1. The van der Waals surface area contributed by atoms with Gasteiger partial charge in [0.2, 0.25) is 6.10 Å². The second-order valence-corrected chi connectivity index (χ2v) is 8.30. The molecule has 0 spiro atoms. The largest absolute Gasteiger partial charge is 0.457 e. The summed E-state index contributed by atoms with van der Waals surface area (Å²) in [5, 5.41) is 5.11. The van der Waals surface area contributed by atoms with Gasteiger partial charge in [0.25, 0.3) is 5.92 Å². The fourth-order valence-electron chi connectivity index (χ4n) is 3.84. The number of hydrogen-bond acceptors (Lipinski definition) is 7. The van der Waals surface area contributed by atoms with E-state index in [0.29, 0.717) is 26.6 Å². The predicted molar refractivity (Wildman–Crippen MR) is 108 cm³/mol. The number of carbonyl (C=O) groups is 1. The van der Waals surface area contributed by atoms with Crippen molar-refractivity contribution < 1.29 is 40.3 Å². The van der Waals surface area contributed by atoms with Gasteiger partial charge in [0.05, 0.1) is 11.3 Å². The molecule has 8 nitrogen and oxygen atoms in total. The number of ether oxygens (including phenoxy) is 1. The topological polar surface area (TPSA) is 92.3 Å². The number of amides is 1. The normalized spacial score (nSPS) is 21.3. The number of nitrogens with one attached hydrogen (secondary N) is 2. The van der Waals surface area contributed by atoms with Crippen molar-refractivity contribution in [3.05, 3.63) is 29.6 Å². The highest BCUT2D eigenvalue weighted by molar-refractivity contribution is 5.88. The Morgan fingerprint density at radius 1 is 1.11 bits per heavy atom. The molecule has 4 heterocycles. The van der Waals surface area contributed by atoms with Gasteiger partial charge < -0.3 is 15.0 Å². The number of alkyl halides is 7. The molecular formula is C20H19F7N6O2. The monoisotopic (exact) mass is 508 g/mol. The zero-order chi connectivity index (χ0) is 25.8. The molecule has 0 saturated carbocycles. The average Bonchev–Trinajstić information content (AvgIpc) is 2.76. The summed E-state index contributed by atoms with van der Waals surface area (Å²) in [6.45, 7) is 3.73. The smallest absolute Gasteiger partial charge is 0.434 e. The zero-order valence-electron chi connectivity index (χ0n) is 18.3. The maximum atomic E-state index is 14.4. The predicted octanol–water partition coefficient (Wildman–Crippen LogP) is 4.25. The number of halogens is 7. The second-order valence-electron chi connectivity index (χ2n) is 8.30. The van der Waals surface area contributed by atoms with E-state index in [-0.39, 0.29) is 11.9 Å². The molecule has 1 fully saturated rings. The Morgan fingerprint density at radius 3 is 2.46 bits per heavy atom. The van der Waals surface area contributed by atoms with Crippen LogP contribution in [0.1, 0.15) is 31.1 Å². The van der Waals surface area contributed by atoms with Crippen molar-refractivity contribution in [1.82, 2.24) is 20.3 Å². The van der Waals surface area contributed by atoms with Crippen molar-refractivity contribution in [2.75, 3.05) is 29.9 Å². The lowest BCUT2D eigenvalue weighted by atomic mass is 9.97. The minimum absolute atomic E-state index is 0.0231. The van der Waals surface area contributed by atoms with E-state index in [1.54, 1.807) is 4.90 Å². The van der Waals surface area contributed by atoms with Crippen LogP contribution in [0.4, 0.5) is 47.2 Å². The number of cyclic esters (lactones) is 1. The molecule has 2 N–H and O–H groups in total. The Hall–Kier alpha value is -3.23. The Kier molecular flexibility index (Phi) is 6.02. The molecule has 2 aromatic heterocycles. The van der Waals surface area contributed by atoms with Gasteiger partial charge in [-0.15, -0.1) is 0 Å². The Labute approximate surface area is 193 Å². The van der Waals surface area contributed by atoms with Gasteiger partial charge in [0.1, 0.15) is 23.7 Å². The second kappa shape index (κ2) is 8.46. The van der Waals surface area contributed by atoms with Crippen molar-refractivity contribution in [2.45, 2.75) is 44.0 Å². The van der Waals surface area contributed by atoms with E-state index in [1.165, 1.54) is 0 Å². The molecule has 2 aromatic rings. The number of fused-ring (bicyclic) bond motifs is 1. The average molecular weight is 508 g/mol. The van der Waals surface area contributed by atoms with Gasteiger partial charge in [-0.3, -0.25) is 5.32 Å². The number of hydrogen-bond donors (Lipinski definition) is 2. The van der Waals surface area contributed by atoms with E-state index in [4.69, 9.17) is 0 Å². The zero-order valence-corrected chi connectivity index (χ0v) is 18.3. The van der Waals surface area contributed by atoms with Crippen LogP contribution in [0, 0.1) is 0 Å². The van der Waals surface area contributed by atoms with Gasteiger partial charge in [0.15, 0.2) is 0 Å². The summed E-state index contributed by atoms with van der Waals surface area (Å²) in [5.74, 6) is -9.56. The molecule has 2 aliphatic heterocycles. The summed E-state index contributed by atoms with van der Waals surface area (Å²) in [6, 6.07) is 1.94. The molecule has 0 aromatic carbocycles. The van der Waals surface area contributed by atoms with E-state index in [2.05, 4.69) is 25.0 Å².